The van der Waals surface area contributed by atoms with Crippen LogP contribution in [0.25, 0.3) is 0 Å². The van der Waals surface area contributed by atoms with E-state index in [1.807, 2.05) is 37.4 Å². The number of rotatable bonds is 13. The minimum absolute atomic E-state index is 0.0318. The SMILES string of the molecule is CNC(CCC(C)C)C[C@H](O)C(Cc1ccccc1)NC(=O)CCC(=O)OC. The van der Waals surface area contributed by atoms with Crippen LogP contribution < -0.4 is 10.6 Å². The van der Waals surface area contributed by atoms with Gasteiger partial charge >= 0.3 is 5.97 Å². The summed E-state index contributed by atoms with van der Waals surface area (Å²) in [6.07, 6.45) is 2.53. The van der Waals surface area contributed by atoms with Crippen molar-refractivity contribution in [2.45, 2.75) is 70.6 Å². The summed E-state index contributed by atoms with van der Waals surface area (Å²) in [6.45, 7) is 4.37. The Morgan fingerprint density at radius 1 is 1.11 bits per heavy atom. The van der Waals surface area contributed by atoms with Crippen molar-refractivity contribution in [1.29, 1.82) is 0 Å². The minimum atomic E-state index is -0.688. The number of hydrogen-bond acceptors (Lipinski definition) is 5. The molecule has 0 radical (unpaired) electrons. The van der Waals surface area contributed by atoms with Crippen LogP contribution in [0.4, 0.5) is 0 Å². The number of methoxy groups -OCH3 is 1. The van der Waals surface area contributed by atoms with Crippen molar-refractivity contribution >= 4 is 11.9 Å². The molecule has 0 aliphatic heterocycles. The van der Waals surface area contributed by atoms with Gasteiger partial charge in [-0.25, -0.2) is 0 Å². The van der Waals surface area contributed by atoms with Gasteiger partial charge in [-0.05, 0) is 44.2 Å². The predicted octanol–water partition coefficient (Wildman–Crippen LogP) is 2.44. The van der Waals surface area contributed by atoms with Crippen LogP contribution in [0, 0.1) is 5.92 Å². The Kier molecular flexibility index (Phi) is 11.4. The van der Waals surface area contributed by atoms with Crippen LogP contribution in [0.15, 0.2) is 30.3 Å². The molecule has 0 bridgehead atoms. The molecule has 6 heteroatoms. The maximum absolute atomic E-state index is 12.3. The number of benzene rings is 1. The summed E-state index contributed by atoms with van der Waals surface area (Å²) in [4.78, 5) is 23.6. The van der Waals surface area contributed by atoms with Crippen molar-refractivity contribution in [2.75, 3.05) is 14.2 Å². The first-order valence-corrected chi connectivity index (χ1v) is 10.1. The molecular weight excluding hydrogens is 356 g/mol. The third-order valence-corrected chi connectivity index (χ3v) is 4.92. The first-order valence-electron chi connectivity index (χ1n) is 10.1. The lowest BCUT2D eigenvalue weighted by Crippen LogP contribution is -2.47. The van der Waals surface area contributed by atoms with Crippen molar-refractivity contribution in [3.8, 4) is 0 Å². The highest BCUT2D eigenvalue weighted by Crippen LogP contribution is 2.15. The maximum atomic E-state index is 12.3. The second-order valence-electron chi connectivity index (χ2n) is 7.70. The normalized spacial score (nSPS) is 14.4. The number of aliphatic hydroxyl groups is 1. The Morgan fingerprint density at radius 2 is 1.79 bits per heavy atom. The quantitative estimate of drug-likeness (QED) is 0.449. The zero-order valence-corrected chi connectivity index (χ0v) is 17.6. The van der Waals surface area contributed by atoms with Gasteiger partial charge in [0.25, 0.3) is 0 Å². The molecule has 0 aliphatic rings. The van der Waals surface area contributed by atoms with Gasteiger partial charge < -0.3 is 20.5 Å². The van der Waals surface area contributed by atoms with Gasteiger partial charge in [0.2, 0.25) is 5.91 Å². The zero-order chi connectivity index (χ0) is 20.9. The van der Waals surface area contributed by atoms with Gasteiger partial charge in [0, 0.05) is 12.5 Å². The topological polar surface area (TPSA) is 87.7 Å². The van der Waals surface area contributed by atoms with Gasteiger partial charge in [0.1, 0.15) is 0 Å². The Hall–Kier alpha value is -1.92. The third kappa shape index (κ3) is 9.85. The van der Waals surface area contributed by atoms with E-state index in [4.69, 9.17) is 0 Å². The number of aliphatic hydroxyl groups excluding tert-OH is 1. The lowest BCUT2D eigenvalue weighted by molar-refractivity contribution is -0.142. The highest BCUT2D eigenvalue weighted by Gasteiger charge is 2.25. The number of esters is 1. The summed E-state index contributed by atoms with van der Waals surface area (Å²) < 4.78 is 4.59. The highest BCUT2D eigenvalue weighted by atomic mass is 16.5. The molecule has 0 aliphatic carbocycles. The van der Waals surface area contributed by atoms with E-state index in [2.05, 4.69) is 29.2 Å². The Labute approximate surface area is 169 Å². The van der Waals surface area contributed by atoms with Crippen LogP contribution >= 0.6 is 0 Å². The van der Waals surface area contributed by atoms with Gasteiger partial charge in [0.15, 0.2) is 0 Å². The first kappa shape index (κ1) is 24.1. The maximum Gasteiger partial charge on any atom is 0.306 e. The molecule has 2 unspecified atom stereocenters. The monoisotopic (exact) mass is 392 g/mol. The van der Waals surface area contributed by atoms with Crippen LogP contribution in [0.3, 0.4) is 0 Å². The van der Waals surface area contributed by atoms with E-state index >= 15 is 0 Å². The molecule has 1 rings (SSSR count). The largest absolute Gasteiger partial charge is 0.469 e. The van der Waals surface area contributed by atoms with Gasteiger partial charge in [-0.3, -0.25) is 9.59 Å². The highest BCUT2D eigenvalue weighted by molar-refractivity contribution is 5.81. The molecule has 0 saturated heterocycles. The predicted molar refractivity (Wildman–Crippen MR) is 111 cm³/mol. The number of hydrogen-bond donors (Lipinski definition) is 3. The van der Waals surface area contributed by atoms with Gasteiger partial charge in [-0.1, -0.05) is 44.2 Å². The number of ether oxygens (including phenoxy) is 1. The summed E-state index contributed by atoms with van der Waals surface area (Å²) in [5.41, 5.74) is 1.04. The summed E-state index contributed by atoms with van der Waals surface area (Å²) in [5.74, 6) is -0.0704. The van der Waals surface area contributed by atoms with Crippen LogP contribution in [0.1, 0.15) is 51.5 Å². The van der Waals surface area contributed by atoms with E-state index in [9.17, 15) is 14.7 Å². The number of carbonyl (C=O) groups excluding carboxylic acids is 2. The third-order valence-electron chi connectivity index (χ3n) is 4.92. The second kappa shape index (κ2) is 13.3. The lowest BCUT2D eigenvalue weighted by Gasteiger charge is -2.28. The first-order chi connectivity index (χ1) is 13.3. The molecule has 3 atom stereocenters. The molecule has 28 heavy (non-hydrogen) atoms. The number of carbonyl (C=O) groups is 2. The van der Waals surface area contributed by atoms with E-state index < -0.39 is 18.1 Å². The van der Waals surface area contributed by atoms with Gasteiger partial charge in [-0.2, -0.15) is 0 Å². The van der Waals surface area contributed by atoms with E-state index in [-0.39, 0.29) is 24.8 Å². The molecule has 1 amide bonds. The fourth-order valence-electron chi connectivity index (χ4n) is 3.12. The molecule has 158 valence electrons. The Balaban J connectivity index is 2.74. The Morgan fingerprint density at radius 3 is 2.36 bits per heavy atom. The molecule has 1 aromatic carbocycles. The van der Waals surface area contributed by atoms with Crippen molar-refractivity contribution in [1.82, 2.24) is 10.6 Å². The molecule has 1 aromatic rings. The lowest BCUT2D eigenvalue weighted by atomic mass is 9.93. The molecule has 6 nitrogen and oxygen atoms in total. The molecule has 0 aromatic heterocycles. The fourth-order valence-corrected chi connectivity index (χ4v) is 3.12. The average Bonchev–Trinajstić information content (AvgIpc) is 2.69. The second-order valence-corrected chi connectivity index (χ2v) is 7.70. The minimum Gasteiger partial charge on any atom is -0.469 e. The van der Waals surface area contributed by atoms with Crippen molar-refractivity contribution in [3.05, 3.63) is 35.9 Å². The smallest absolute Gasteiger partial charge is 0.306 e. The summed E-state index contributed by atoms with van der Waals surface area (Å²) in [6, 6.07) is 9.55. The van der Waals surface area contributed by atoms with Crippen LogP contribution in [0.5, 0.6) is 0 Å². The average molecular weight is 393 g/mol. The standard InChI is InChI=1S/C22H36N2O4/c1-16(2)10-11-18(23-3)15-20(25)19(14-17-8-6-5-7-9-17)24-21(26)12-13-22(27)28-4/h5-9,16,18-20,23,25H,10-15H2,1-4H3,(H,24,26)/t18?,19?,20-/m0/s1. The molecule has 0 saturated carbocycles. The summed E-state index contributed by atoms with van der Waals surface area (Å²) in [5, 5.41) is 17.1. The van der Waals surface area contributed by atoms with Gasteiger partial charge in [-0.15, -0.1) is 0 Å². The van der Waals surface area contributed by atoms with Crippen LogP contribution in [-0.2, 0) is 20.7 Å². The van der Waals surface area contributed by atoms with E-state index in [1.54, 1.807) is 0 Å². The van der Waals surface area contributed by atoms with Crippen molar-refractivity contribution < 1.29 is 19.4 Å². The molecule has 0 spiro atoms. The molecule has 3 N–H and O–H groups in total. The van der Waals surface area contributed by atoms with E-state index in [0.717, 1.165) is 18.4 Å². The van der Waals surface area contributed by atoms with E-state index in [0.29, 0.717) is 18.8 Å². The molecular formula is C22H36N2O4. The fraction of sp³-hybridized carbons (Fsp3) is 0.636. The Bertz CT molecular complexity index is 577. The van der Waals surface area contributed by atoms with Crippen molar-refractivity contribution in [3.63, 3.8) is 0 Å². The molecule has 0 fully saturated rings. The van der Waals surface area contributed by atoms with Gasteiger partial charge in [0.05, 0.1) is 25.7 Å². The van der Waals surface area contributed by atoms with Crippen molar-refractivity contribution in [2.24, 2.45) is 5.92 Å². The van der Waals surface area contributed by atoms with Crippen LogP contribution in [0.2, 0.25) is 0 Å². The van der Waals surface area contributed by atoms with Crippen LogP contribution in [-0.4, -0.2) is 49.3 Å². The summed E-state index contributed by atoms with van der Waals surface area (Å²) >= 11 is 0. The number of amides is 1. The summed E-state index contributed by atoms with van der Waals surface area (Å²) in [7, 11) is 3.20. The number of nitrogens with one attached hydrogen (secondary N) is 2. The zero-order valence-electron chi connectivity index (χ0n) is 17.6. The van der Waals surface area contributed by atoms with E-state index in [1.165, 1.54) is 7.11 Å². The molecule has 0 heterocycles.